The van der Waals surface area contributed by atoms with Crippen molar-refractivity contribution in [3.05, 3.63) is 40.3 Å². The van der Waals surface area contributed by atoms with Crippen molar-refractivity contribution in [1.29, 1.82) is 0 Å². The monoisotopic (exact) mass is 346 g/mol. The van der Waals surface area contributed by atoms with Crippen LogP contribution in [0.15, 0.2) is 29.2 Å². The van der Waals surface area contributed by atoms with Crippen molar-refractivity contribution in [2.45, 2.75) is 26.1 Å². The minimum atomic E-state index is -0.388. The molecule has 6 nitrogen and oxygen atoms in total. The summed E-state index contributed by atoms with van der Waals surface area (Å²) in [5, 5.41) is 1.85. The number of rotatable bonds is 2. The van der Waals surface area contributed by atoms with Gasteiger partial charge in [0.2, 0.25) is 0 Å². The van der Waals surface area contributed by atoms with Crippen LogP contribution in [0.1, 0.15) is 29.8 Å². The molecule has 1 aromatic rings. The molecule has 24 heavy (non-hydrogen) atoms. The van der Waals surface area contributed by atoms with Crippen molar-refractivity contribution >= 4 is 34.9 Å². The number of nitrogens with zero attached hydrogens (tertiary/aromatic N) is 1. The number of benzene rings is 1. The van der Waals surface area contributed by atoms with Crippen molar-refractivity contribution in [1.82, 2.24) is 10.2 Å². The van der Waals surface area contributed by atoms with Crippen molar-refractivity contribution < 1.29 is 19.1 Å². The van der Waals surface area contributed by atoms with Crippen molar-refractivity contribution in [2.24, 2.45) is 0 Å². The van der Waals surface area contributed by atoms with Crippen LogP contribution in [0, 0.1) is 0 Å². The minimum Gasteiger partial charge on any atom is -0.372 e. The minimum absolute atomic E-state index is 0.0251. The van der Waals surface area contributed by atoms with E-state index < -0.39 is 0 Å². The average Bonchev–Trinajstić information content (AvgIpc) is 2.84. The molecular formula is C17H18N2O4S. The topological polar surface area (TPSA) is 75.7 Å². The molecule has 2 unspecified atom stereocenters. The molecule has 2 atom stereocenters. The molecule has 1 aromatic carbocycles. The van der Waals surface area contributed by atoms with Crippen molar-refractivity contribution in [3.8, 4) is 0 Å². The lowest BCUT2D eigenvalue weighted by atomic mass is 10.1. The number of ether oxygens (including phenoxy) is 1. The molecular weight excluding hydrogens is 328 g/mol. The van der Waals surface area contributed by atoms with E-state index in [9.17, 15) is 14.4 Å². The molecule has 2 aliphatic heterocycles. The summed E-state index contributed by atoms with van der Waals surface area (Å²) in [5.74, 6) is -0.416. The highest BCUT2D eigenvalue weighted by Crippen LogP contribution is 2.25. The second-order valence-corrected chi connectivity index (χ2v) is 6.96. The third-order valence-corrected chi connectivity index (χ3v) is 4.61. The van der Waals surface area contributed by atoms with Crippen LogP contribution in [-0.4, -0.2) is 47.3 Å². The highest BCUT2D eigenvalue weighted by atomic mass is 32.2. The number of morpholine rings is 1. The van der Waals surface area contributed by atoms with Gasteiger partial charge < -0.3 is 9.64 Å². The van der Waals surface area contributed by atoms with Crippen LogP contribution < -0.4 is 5.32 Å². The molecule has 0 aliphatic carbocycles. The maximum atomic E-state index is 12.6. The number of imide groups is 1. The molecule has 3 rings (SSSR count). The zero-order valence-corrected chi connectivity index (χ0v) is 14.3. The fraction of sp³-hybridized carbons (Fsp3) is 0.353. The lowest BCUT2D eigenvalue weighted by Gasteiger charge is -2.35. The number of carbonyl (C=O) groups excluding carboxylic acids is 3. The third-order valence-electron chi connectivity index (χ3n) is 3.80. The van der Waals surface area contributed by atoms with E-state index in [0.29, 0.717) is 23.6 Å². The molecule has 2 fully saturated rings. The van der Waals surface area contributed by atoms with Gasteiger partial charge in [0.1, 0.15) is 0 Å². The molecule has 0 radical (unpaired) electrons. The van der Waals surface area contributed by atoms with Gasteiger partial charge in [0.15, 0.2) is 0 Å². The first kappa shape index (κ1) is 16.7. The molecule has 7 heteroatoms. The average molecular weight is 346 g/mol. The number of hydrogen-bond donors (Lipinski definition) is 1. The number of hydrogen-bond acceptors (Lipinski definition) is 5. The van der Waals surface area contributed by atoms with Crippen LogP contribution in [0.2, 0.25) is 0 Å². The Bertz CT molecular complexity index is 704. The van der Waals surface area contributed by atoms with E-state index in [1.54, 1.807) is 35.2 Å². The fourth-order valence-corrected chi connectivity index (χ4v) is 3.50. The highest BCUT2D eigenvalue weighted by Gasteiger charge is 2.27. The Hall–Kier alpha value is -2.12. The Morgan fingerprint density at radius 2 is 1.83 bits per heavy atom. The van der Waals surface area contributed by atoms with Crippen LogP contribution in [-0.2, 0) is 9.53 Å². The lowest BCUT2D eigenvalue weighted by molar-refractivity contribution is -0.115. The first-order valence-electron chi connectivity index (χ1n) is 7.72. The van der Waals surface area contributed by atoms with Gasteiger partial charge in [-0.2, -0.15) is 0 Å². The zero-order chi connectivity index (χ0) is 17.3. The van der Waals surface area contributed by atoms with Gasteiger partial charge in [-0.05, 0) is 49.4 Å². The van der Waals surface area contributed by atoms with Gasteiger partial charge in [-0.3, -0.25) is 19.7 Å². The molecule has 0 saturated carbocycles. The standard InChI is InChI=1S/C17H18N2O4S/c1-10-8-19(9-11(2)23-10)16(21)13-5-3-12(4-6-13)7-14-15(20)18-17(22)24-14/h3-7,10-11H,8-9H2,1-2H3,(H,18,20,22)/b14-7-. The van der Waals surface area contributed by atoms with Crippen molar-refractivity contribution in [3.63, 3.8) is 0 Å². The van der Waals surface area contributed by atoms with Crippen LogP contribution >= 0.6 is 11.8 Å². The van der Waals surface area contributed by atoms with Gasteiger partial charge in [0, 0.05) is 18.7 Å². The second-order valence-electron chi connectivity index (χ2n) is 5.94. The zero-order valence-electron chi connectivity index (χ0n) is 13.4. The Labute approximate surface area is 144 Å². The van der Waals surface area contributed by atoms with E-state index in [2.05, 4.69) is 5.32 Å². The van der Waals surface area contributed by atoms with Gasteiger partial charge in [0.05, 0.1) is 17.1 Å². The van der Waals surface area contributed by atoms with Crippen LogP contribution in [0.5, 0.6) is 0 Å². The summed E-state index contributed by atoms with van der Waals surface area (Å²) < 4.78 is 5.65. The van der Waals surface area contributed by atoms with E-state index >= 15 is 0 Å². The summed E-state index contributed by atoms with van der Waals surface area (Å²) in [6.07, 6.45) is 1.69. The largest absolute Gasteiger partial charge is 0.372 e. The molecule has 2 heterocycles. The Morgan fingerprint density at radius 1 is 1.21 bits per heavy atom. The van der Waals surface area contributed by atoms with Gasteiger partial charge in [-0.25, -0.2) is 0 Å². The molecule has 3 amide bonds. The van der Waals surface area contributed by atoms with Gasteiger partial charge in [-0.1, -0.05) is 12.1 Å². The first-order chi connectivity index (χ1) is 11.4. The van der Waals surface area contributed by atoms with Crippen LogP contribution in [0.3, 0.4) is 0 Å². The van der Waals surface area contributed by atoms with Crippen molar-refractivity contribution in [2.75, 3.05) is 13.1 Å². The number of amides is 3. The molecule has 0 spiro atoms. The van der Waals surface area contributed by atoms with Gasteiger partial charge in [-0.15, -0.1) is 0 Å². The summed E-state index contributed by atoms with van der Waals surface area (Å²) >= 11 is 0.875. The smallest absolute Gasteiger partial charge is 0.290 e. The summed E-state index contributed by atoms with van der Waals surface area (Å²) in [4.78, 5) is 37.4. The van der Waals surface area contributed by atoms with E-state index in [-0.39, 0.29) is 29.3 Å². The maximum absolute atomic E-state index is 12.6. The highest BCUT2D eigenvalue weighted by molar-refractivity contribution is 8.18. The molecule has 2 aliphatic rings. The Kier molecular flexibility index (Phi) is 4.73. The lowest BCUT2D eigenvalue weighted by Crippen LogP contribution is -2.48. The summed E-state index contributed by atoms with van der Waals surface area (Å²) in [6.45, 7) is 5.06. The predicted octanol–water partition coefficient (Wildman–Crippen LogP) is 2.26. The maximum Gasteiger partial charge on any atom is 0.290 e. The Balaban J connectivity index is 1.72. The number of carbonyl (C=O) groups is 3. The van der Waals surface area contributed by atoms with E-state index in [4.69, 9.17) is 4.74 Å². The summed E-state index contributed by atoms with van der Waals surface area (Å²) in [7, 11) is 0. The van der Waals surface area contributed by atoms with E-state index in [0.717, 1.165) is 17.3 Å². The fourth-order valence-electron chi connectivity index (χ4n) is 2.82. The molecule has 0 aromatic heterocycles. The Morgan fingerprint density at radius 3 is 2.38 bits per heavy atom. The normalized spacial score (nSPS) is 25.9. The summed E-state index contributed by atoms with van der Waals surface area (Å²) in [5.41, 5.74) is 1.36. The summed E-state index contributed by atoms with van der Waals surface area (Å²) in [6, 6.07) is 7.01. The second kappa shape index (κ2) is 6.78. The number of thioether (sulfide) groups is 1. The van der Waals surface area contributed by atoms with Crippen LogP contribution in [0.25, 0.3) is 6.08 Å². The quantitative estimate of drug-likeness (QED) is 0.832. The predicted molar refractivity (Wildman–Crippen MR) is 91.5 cm³/mol. The van der Waals surface area contributed by atoms with Crippen LogP contribution in [0.4, 0.5) is 4.79 Å². The van der Waals surface area contributed by atoms with Gasteiger partial charge in [0.25, 0.3) is 17.1 Å². The number of nitrogens with one attached hydrogen (secondary N) is 1. The molecule has 2 saturated heterocycles. The molecule has 126 valence electrons. The third kappa shape index (κ3) is 3.68. The van der Waals surface area contributed by atoms with Gasteiger partial charge >= 0.3 is 0 Å². The van der Waals surface area contributed by atoms with E-state index in [1.165, 1.54) is 0 Å². The SMILES string of the molecule is CC1CN(C(=O)c2ccc(/C=C3\SC(=O)NC3=O)cc2)CC(C)O1. The molecule has 0 bridgehead atoms. The molecule has 1 N–H and O–H groups in total. The first-order valence-corrected chi connectivity index (χ1v) is 8.53. The van der Waals surface area contributed by atoms with E-state index in [1.807, 2.05) is 13.8 Å².